The number of hydrogen-bond acceptors (Lipinski definition) is 2. The molecule has 3 nitrogen and oxygen atoms in total. The Bertz CT molecular complexity index is 234. The van der Waals surface area contributed by atoms with Gasteiger partial charge in [-0.1, -0.05) is 25.3 Å². The first-order valence-corrected chi connectivity index (χ1v) is 6.80. The van der Waals surface area contributed by atoms with Crippen molar-refractivity contribution in [3.8, 4) is 0 Å². The zero-order valence-electron chi connectivity index (χ0n) is 10.7. The minimum absolute atomic E-state index is 0.214. The van der Waals surface area contributed by atoms with E-state index in [0.717, 1.165) is 19.4 Å². The Balaban J connectivity index is 2.24. The first-order chi connectivity index (χ1) is 8.24. The molecular weight excluding hydrogens is 214 g/mol. The summed E-state index contributed by atoms with van der Waals surface area (Å²) in [7, 11) is 0. The number of aliphatic carboxylic acids is 1. The molecule has 0 radical (unpaired) electrons. The van der Waals surface area contributed by atoms with Crippen molar-refractivity contribution in [2.24, 2.45) is 0 Å². The summed E-state index contributed by atoms with van der Waals surface area (Å²) in [6, 6.07) is 0.519. The molecular formula is C14H25NO2. The van der Waals surface area contributed by atoms with Crippen molar-refractivity contribution < 1.29 is 9.90 Å². The summed E-state index contributed by atoms with van der Waals surface area (Å²) < 4.78 is 0. The van der Waals surface area contributed by atoms with Crippen molar-refractivity contribution >= 4 is 5.97 Å². The second-order valence-corrected chi connectivity index (χ2v) is 4.94. The Morgan fingerprint density at radius 2 is 2.00 bits per heavy atom. The van der Waals surface area contributed by atoms with Crippen LogP contribution in [0.3, 0.4) is 0 Å². The summed E-state index contributed by atoms with van der Waals surface area (Å²) in [5.41, 5.74) is 0. The first kappa shape index (κ1) is 14.2. The Morgan fingerprint density at radius 3 is 2.59 bits per heavy atom. The molecule has 1 saturated carbocycles. The molecule has 17 heavy (non-hydrogen) atoms. The first-order valence-electron chi connectivity index (χ1n) is 6.80. The Kier molecular flexibility index (Phi) is 6.94. The number of carboxylic acid groups (broad SMARTS) is 1. The molecule has 0 unspecified atom stereocenters. The molecule has 3 heteroatoms. The van der Waals surface area contributed by atoms with Crippen LogP contribution < -0.4 is 0 Å². The average molecular weight is 239 g/mol. The van der Waals surface area contributed by atoms with Gasteiger partial charge in [-0.3, -0.25) is 9.69 Å². The number of rotatable bonds is 9. The summed E-state index contributed by atoms with van der Waals surface area (Å²) in [5, 5.41) is 8.93. The highest BCUT2D eigenvalue weighted by atomic mass is 16.4. The largest absolute Gasteiger partial charge is 0.480 e. The van der Waals surface area contributed by atoms with E-state index < -0.39 is 5.97 Å². The monoisotopic (exact) mass is 239 g/mol. The van der Waals surface area contributed by atoms with Crippen molar-refractivity contribution in [3.63, 3.8) is 0 Å². The molecule has 1 aliphatic rings. The lowest BCUT2D eigenvalue weighted by atomic mass is 10.1. The normalized spacial score (nSPS) is 16.5. The summed E-state index contributed by atoms with van der Waals surface area (Å²) >= 11 is 0. The van der Waals surface area contributed by atoms with Gasteiger partial charge < -0.3 is 5.11 Å². The predicted molar refractivity (Wildman–Crippen MR) is 70.1 cm³/mol. The van der Waals surface area contributed by atoms with Gasteiger partial charge in [0.15, 0.2) is 0 Å². The van der Waals surface area contributed by atoms with Crippen LogP contribution in [0, 0.1) is 0 Å². The van der Waals surface area contributed by atoms with E-state index in [0.29, 0.717) is 6.04 Å². The highest BCUT2D eigenvalue weighted by Crippen LogP contribution is 2.23. The van der Waals surface area contributed by atoms with Crippen LogP contribution in [0.1, 0.15) is 51.4 Å². The van der Waals surface area contributed by atoms with E-state index in [1.807, 2.05) is 6.08 Å². The van der Waals surface area contributed by atoms with E-state index in [9.17, 15) is 4.79 Å². The molecule has 0 heterocycles. The van der Waals surface area contributed by atoms with Gasteiger partial charge in [0, 0.05) is 6.04 Å². The van der Waals surface area contributed by atoms with E-state index in [1.165, 1.54) is 38.5 Å². The van der Waals surface area contributed by atoms with Gasteiger partial charge in [-0.15, -0.1) is 6.58 Å². The highest BCUT2D eigenvalue weighted by molar-refractivity contribution is 5.69. The van der Waals surface area contributed by atoms with Crippen LogP contribution in [0.25, 0.3) is 0 Å². The molecule has 1 N–H and O–H groups in total. The standard InChI is InChI=1S/C14H25NO2/c1-2-3-4-5-8-11-15(12-14(16)17)13-9-6-7-10-13/h2,13H,1,3-12H2,(H,16,17). The quantitative estimate of drug-likeness (QED) is 0.496. The van der Waals surface area contributed by atoms with Gasteiger partial charge in [0.1, 0.15) is 0 Å². The molecule has 1 rings (SSSR count). The van der Waals surface area contributed by atoms with E-state index in [2.05, 4.69) is 11.5 Å². The van der Waals surface area contributed by atoms with Gasteiger partial charge in [0.25, 0.3) is 0 Å². The maximum Gasteiger partial charge on any atom is 0.317 e. The lowest BCUT2D eigenvalue weighted by Crippen LogP contribution is -2.38. The number of nitrogens with zero attached hydrogens (tertiary/aromatic N) is 1. The minimum atomic E-state index is -0.692. The van der Waals surface area contributed by atoms with E-state index in [1.54, 1.807) is 0 Å². The van der Waals surface area contributed by atoms with Crippen molar-refractivity contribution in [1.82, 2.24) is 4.90 Å². The second-order valence-electron chi connectivity index (χ2n) is 4.94. The maximum atomic E-state index is 10.8. The molecule has 0 bridgehead atoms. The maximum absolute atomic E-state index is 10.8. The fraction of sp³-hybridized carbons (Fsp3) is 0.786. The van der Waals surface area contributed by atoms with Crippen LogP contribution in [-0.4, -0.2) is 35.1 Å². The van der Waals surface area contributed by atoms with Crippen LogP contribution >= 0.6 is 0 Å². The highest BCUT2D eigenvalue weighted by Gasteiger charge is 2.23. The average Bonchev–Trinajstić information content (AvgIpc) is 2.80. The van der Waals surface area contributed by atoms with Crippen LogP contribution in [0.15, 0.2) is 12.7 Å². The molecule has 0 aromatic carbocycles. The molecule has 0 amide bonds. The van der Waals surface area contributed by atoms with Crippen molar-refractivity contribution in [1.29, 1.82) is 0 Å². The van der Waals surface area contributed by atoms with Crippen LogP contribution in [-0.2, 0) is 4.79 Å². The number of carboxylic acids is 1. The molecule has 98 valence electrons. The molecule has 0 spiro atoms. The van der Waals surface area contributed by atoms with E-state index in [-0.39, 0.29) is 6.54 Å². The Morgan fingerprint density at radius 1 is 1.29 bits per heavy atom. The van der Waals surface area contributed by atoms with Crippen LogP contribution in [0.2, 0.25) is 0 Å². The molecule has 0 aromatic rings. The molecule has 1 fully saturated rings. The second kappa shape index (κ2) is 8.29. The summed E-state index contributed by atoms with van der Waals surface area (Å²) in [4.78, 5) is 13.0. The third-order valence-electron chi connectivity index (χ3n) is 3.53. The topological polar surface area (TPSA) is 40.5 Å². The zero-order chi connectivity index (χ0) is 12.5. The van der Waals surface area contributed by atoms with Gasteiger partial charge in [0.05, 0.1) is 6.54 Å². The van der Waals surface area contributed by atoms with Gasteiger partial charge >= 0.3 is 5.97 Å². The lowest BCUT2D eigenvalue weighted by Gasteiger charge is -2.26. The lowest BCUT2D eigenvalue weighted by molar-refractivity contribution is -0.138. The fourth-order valence-corrected chi connectivity index (χ4v) is 2.61. The molecule has 0 saturated heterocycles. The third-order valence-corrected chi connectivity index (χ3v) is 3.53. The smallest absolute Gasteiger partial charge is 0.317 e. The number of unbranched alkanes of at least 4 members (excludes halogenated alkanes) is 3. The predicted octanol–water partition coefficient (Wildman–Crippen LogP) is 3.06. The SMILES string of the molecule is C=CCCCCCN(CC(=O)O)C1CCCC1. The zero-order valence-corrected chi connectivity index (χ0v) is 10.7. The molecule has 0 aromatic heterocycles. The Labute approximate surface area is 105 Å². The van der Waals surface area contributed by atoms with Crippen LogP contribution in [0.5, 0.6) is 0 Å². The van der Waals surface area contributed by atoms with E-state index in [4.69, 9.17) is 5.11 Å². The van der Waals surface area contributed by atoms with Gasteiger partial charge in [-0.2, -0.15) is 0 Å². The van der Waals surface area contributed by atoms with Crippen molar-refractivity contribution in [3.05, 3.63) is 12.7 Å². The van der Waals surface area contributed by atoms with Crippen LogP contribution in [0.4, 0.5) is 0 Å². The van der Waals surface area contributed by atoms with Gasteiger partial charge in [-0.25, -0.2) is 0 Å². The number of allylic oxidation sites excluding steroid dienone is 1. The molecule has 0 aliphatic heterocycles. The molecule has 1 aliphatic carbocycles. The van der Waals surface area contributed by atoms with Crippen molar-refractivity contribution in [2.45, 2.75) is 57.4 Å². The number of carbonyl (C=O) groups is 1. The van der Waals surface area contributed by atoms with E-state index >= 15 is 0 Å². The summed E-state index contributed by atoms with van der Waals surface area (Å²) in [6.07, 6.45) is 11.4. The Hall–Kier alpha value is -0.830. The third kappa shape index (κ3) is 5.87. The fourth-order valence-electron chi connectivity index (χ4n) is 2.61. The van der Waals surface area contributed by atoms with Gasteiger partial charge in [0.2, 0.25) is 0 Å². The summed E-state index contributed by atoms with van der Waals surface area (Å²) in [5.74, 6) is -0.692. The molecule has 0 atom stereocenters. The number of hydrogen-bond donors (Lipinski definition) is 1. The minimum Gasteiger partial charge on any atom is -0.480 e. The summed E-state index contributed by atoms with van der Waals surface area (Å²) in [6.45, 7) is 4.86. The van der Waals surface area contributed by atoms with Crippen molar-refractivity contribution in [2.75, 3.05) is 13.1 Å². The van der Waals surface area contributed by atoms with Gasteiger partial charge in [-0.05, 0) is 38.6 Å².